The average molecular weight is 354 g/mol. The first kappa shape index (κ1) is 18.9. The van der Waals surface area contributed by atoms with Crippen LogP contribution >= 0.6 is 11.3 Å². The van der Waals surface area contributed by atoms with E-state index in [0.717, 1.165) is 6.42 Å². The third-order valence-electron chi connectivity index (χ3n) is 4.41. The second-order valence-electron chi connectivity index (χ2n) is 6.22. The van der Waals surface area contributed by atoms with Crippen molar-refractivity contribution in [3.8, 4) is 0 Å². The van der Waals surface area contributed by atoms with Gasteiger partial charge in [-0.05, 0) is 41.7 Å². The van der Waals surface area contributed by atoms with E-state index < -0.39 is 0 Å². The Hall–Kier alpha value is -1.44. The predicted molar refractivity (Wildman–Crippen MR) is 92.8 cm³/mol. The van der Waals surface area contributed by atoms with Crippen molar-refractivity contribution < 1.29 is 19.4 Å². The van der Waals surface area contributed by atoms with Crippen LogP contribution in [0.1, 0.15) is 18.4 Å². The second-order valence-corrected chi connectivity index (χ2v) is 7.00. The van der Waals surface area contributed by atoms with Crippen LogP contribution < -0.4 is 5.32 Å². The van der Waals surface area contributed by atoms with Gasteiger partial charge >= 0.3 is 0 Å². The maximum atomic E-state index is 12.3. The van der Waals surface area contributed by atoms with Gasteiger partial charge in [0.1, 0.15) is 6.61 Å². The van der Waals surface area contributed by atoms with Gasteiger partial charge in [0.25, 0.3) is 0 Å². The number of nitrogens with one attached hydrogen (secondary N) is 1. The molecule has 1 aromatic heterocycles. The molecule has 1 atom stereocenters. The summed E-state index contributed by atoms with van der Waals surface area (Å²) in [6.07, 6.45) is 2.12. The second kappa shape index (κ2) is 9.76. The molecule has 2 N–H and O–H groups in total. The zero-order valence-electron chi connectivity index (χ0n) is 14.1. The van der Waals surface area contributed by atoms with Gasteiger partial charge in [0, 0.05) is 45.2 Å². The summed E-state index contributed by atoms with van der Waals surface area (Å²) >= 11 is 1.63. The van der Waals surface area contributed by atoms with Gasteiger partial charge in [-0.15, -0.1) is 0 Å². The lowest BCUT2D eigenvalue weighted by molar-refractivity contribution is -0.138. The molecule has 1 aliphatic rings. The van der Waals surface area contributed by atoms with E-state index in [9.17, 15) is 14.7 Å². The molecule has 1 fully saturated rings. The van der Waals surface area contributed by atoms with Crippen molar-refractivity contribution >= 4 is 23.2 Å². The highest BCUT2D eigenvalue weighted by atomic mass is 32.1. The number of aliphatic hydroxyl groups excluding tert-OH is 1. The minimum Gasteiger partial charge on any atom is -0.396 e. The van der Waals surface area contributed by atoms with Crippen LogP contribution in [0.25, 0.3) is 0 Å². The molecule has 0 saturated carbocycles. The van der Waals surface area contributed by atoms with Crippen molar-refractivity contribution in [2.24, 2.45) is 11.8 Å². The maximum absolute atomic E-state index is 12.3. The molecule has 0 aromatic carbocycles. The number of nitrogens with zero attached hydrogens (tertiary/aromatic N) is 1. The number of thiophene rings is 1. The Morgan fingerprint density at radius 2 is 2.21 bits per heavy atom. The van der Waals surface area contributed by atoms with Gasteiger partial charge in [0.15, 0.2) is 0 Å². The molecule has 24 heavy (non-hydrogen) atoms. The molecule has 0 bridgehead atoms. The maximum Gasteiger partial charge on any atom is 0.248 e. The van der Waals surface area contributed by atoms with E-state index in [1.54, 1.807) is 16.2 Å². The standard InChI is InChI=1S/C17H26N2O4S/c1-23-11-16(21)19-5-2-15(3-6-19)17(22)18-9-14(10-20)8-13-4-7-24-12-13/h4,7,12,14-15,20H,2-3,5-6,8-11H2,1H3,(H,18,22)/t14-/m1/s1. The first-order chi connectivity index (χ1) is 11.6. The van der Waals surface area contributed by atoms with Crippen LogP contribution in [0.3, 0.4) is 0 Å². The van der Waals surface area contributed by atoms with Crippen LogP contribution in [0.2, 0.25) is 0 Å². The SMILES string of the molecule is COCC(=O)N1CCC(C(=O)NC[C@H](CO)Cc2ccsc2)CC1. The number of ether oxygens (including phenoxy) is 1. The molecular formula is C17H26N2O4S. The van der Waals surface area contributed by atoms with Crippen molar-refractivity contribution in [3.63, 3.8) is 0 Å². The average Bonchev–Trinajstić information content (AvgIpc) is 3.11. The predicted octanol–water partition coefficient (Wildman–Crippen LogP) is 0.900. The van der Waals surface area contributed by atoms with Crippen LogP contribution in [-0.4, -0.2) is 61.8 Å². The Labute approximate surface area is 146 Å². The van der Waals surface area contributed by atoms with E-state index in [2.05, 4.69) is 10.7 Å². The Bertz CT molecular complexity index is 513. The Morgan fingerprint density at radius 3 is 2.79 bits per heavy atom. The lowest BCUT2D eigenvalue weighted by atomic mass is 9.95. The quantitative estimate of drug-likeness (QED) is 0.727. The van der Waals surface area contributed by atoms with Crippen molar-refractivity contribution in [2.75, 3.05) is 40.0 Å². The van der Waals surface area contributed by atoms with E-state index in [1.165, 1.54) is 12.7 Å². The molecule has 2 heterocycles. The smallest absolute Gasteiger partial charge is 0.248 e. The molecule has 134 valence electrons. The molecule has 1 saturated heterocycles. The topological polar surface area (TPSA) is 78.9 Å². The molecule has 0 unspecified atom stereocenters. The van der Waals surface area contributed by atoms with Crippen LogP contribution in [0.4, 0.5) is 0 Å². The van der Waals surface area contributed by atoms with Gasteiger partial charge in [-0.2, -0.15) is 11.3 Å². The minimum absolute atomic E-state index is 0.0209. The molecule has 0 aliphatic carbocycles. The minimum atomic E-state index is -0.0583. The fraction of sp³-hybridized carbons (Fsp3) is 0.647. The normalized spacial score (nSPS) is 16.8. The molecule has 1 aliphatic heterocycles. The lowest BCUT2D eigenvalue weighted by Crippen LogP contribution is -2.45. The summed E-state index contributed by atoms with van der Waals surface area (Å²) < 4.78 is 4.86. The first-order valence-corrected chi connectivity index (χ1v) is 9.24. The summed E-state index contributed by atoms with van der Waals surface area (Å²) in [5.74, 6) is -0.0194. The first-order valence-electron chi connectivity index (χ1n) is 8.30. The summed E-state index contributed by atoms with van der Waals surface area (Å²) in [5, 5.41) is 16.5. The van der Waals surface area contributed by atoms with Gasteiger partial charge in [-0.1, -0.05) is 0 Å². The zero-order chi connectivity index (χ0) is 17.4. The lowest BCUT2D eigenvalue weighted by Gasteiger charge is -2.31. The summed E-state index contributed by atoms with van der Waals surface area (Å²) in [7, 11) is 1.51. The third kappa shape index (κ3) is 5.58. The number of hydrogen-bond acceptors (Lipinski definition) is 5. The summed E-state index contributed by atoms with van der Waals surface area (Å²) in [6, 6.07) is 2.04. The van der Waals surface area contributed by atoms with Crippen molar-refractivity contribution in [1.29, 1.82) is 0 Å². The summed E-state index contributed by atoms with van der Waals surface area (Å²) in [4.78, 5) is 25.8. The number of carbonyl (C=O) groups is 2. The fourth-order valence-electron chi connectivity index (χ4n) is 2.94. The molecule has 0 radical (unpaired) electrons. The van der Waals surface area contributed by atoms with Crippen molar-refractivity contribution in [1.82, 2.24) is 10.2 Å². The van der Waals surface area contributed by atoms with E-state index in [4.69, 9.17) is 4.74 Å². The number of hydrogen-bond donors (Lipinski definition) is 2. The molecular weight excluding hydrogens is 328 g/mol. The van der Waals surface area contributed by atoms with E-state index >= 15 is 0 Å². The molecule has 6 nitrogen and oxygen atoms in total. The highest BCUT2D eigenvalue weighted by molar-refractivity contribution is 7.07. The number of likely N-dealkylation sites (tertiary alicyclic amines) is 1. The molecule has 2 amide bonds. The molecule has 2 rings (SSSR count). The number of amides is 2. The number of piperidine rings is 1. The number of rotatable bonds is 8. The number of carbonyl (C=O) groups excluding carboxylic acids is 2. The molecule has 7 heteroatoms. The monoisotopic (exact) mass is 354 g/mol. The number of methoxy groups -OCH3 is 1. The summed E-state index contributed by atoms with van der Waals surface area (Å²) in [5.41, 5.74) is 1.19. The van der Waals surface area contributed by atoms with Gasteiger partial charge in [0.2, 0.25) is 11.8 Å². The van der Waals surface area contributed by atoms with Crippen LogP contribution in [-0.2, 0) is 20.7 Å². The van der Waals surface area contributed by atoms with Crippen molar-refractivity contribution in [3.05, 3.63) is 22.4 Å². The van der Waals surface area contributed by atoms with Gasteiger partial charge in [0.05, 0.1) is 0 Å². The van der Waals surface area contributed by atoms with Gasteiger partial charge in [-0.3, -0.25) is 9.59 Å². The Morgan fingerprint density at radius 1 is 1.46 bits per heavy atom. The van der Waals surface area contributed by atoms with E-state index in [1.807, 2.05) is 11.4 Å². The molecule has 1 aromatic rings. The fourth-order valence-corrected chi connectivity index (χ4v) is 3.62. The third-order valence-corrected chi connectivity index (χ3v) is 5.15. The summed E-state index contributed by atoms with van der Waals surface area (Å²) in [6.45, 7) is 1.82. The van der Waals surface area contributed by atoms with Crippen LogP contribution in [0.15, 0.2) is 16.8 Å². The van der Waals surface area contributed by atoms with Crippen LogP contribution in [0, 0.1) is 11.8 Å². The Kier molecular flexibility index (Phi) is 7.68. The van der Waals surface area contributed by atoms with E-state index in [-0.39, 0.29) is 36.9 Å². The Balaban J connectivity index is 1.72. The van der Waals surface area contributed by atoms with Gasteiger partial charge in [-0.25, -0.2) is 0 Å². The number of aliphatic hydroxyl groups is 1. The van der Waals surface area contributed by atoms with Gasteiger partial charge < -0.3 is 20.1 Å². The van der Waals surface area contributed by atoms with E-state index in [0.29, 0.717) is 32.5 Å². The largest absolute Gasteiger partial charge is 0.396 e. The van der Waals surface area contributed by atoms with Crippen LogP contribution in [0.5, 0.6) is 0 Å². The molecule has 0 spiro atoms. The highest BCUT2D eigenvalue weighted by Crippen LogP contribution is 2.18. The highest BCUT2D eigenvalue weighted by Gasteiger charge is 2.27. The van der Waals surface area contributed by atoms with Crippen molar-refractivity contribution in [2.45, 2.75) is 19.3 Å². The zero-order valence-corrected chi connectivity index (χ0v) is 14.9.